The van der Waals surface area contributed by atoms with Crippen molar-refractivity contribution in [1.29, 1.82) is 0 Å². The molecule has 0 aliphatic rings. The summed E-state index contributed by atoms with van der Waals surface area (Å²) >= 11 is 14.3. The molecule has 1 heterocycles. The molecule has 0 saturated heterocycles. The van der Waals surface area contributed by atoms with E-state index < -0.39 is 5.91 Å². The Morgan fingerprint density at radius 3 is 2.60 bits per heavy atom. The van der Waals surface area contributed by atoms with Gasteiger partial charge >= 0.3 is 0 Å². The molecule has 0 bridgehead atoms. The zero-order valence-electron chi connectivity index (χ0n) is 15.6. The quantitative estimate of drug-likeness (QED) is 0.176. The Balaban J connectivity index is 1.56. The average Bonchev–Trinajstić information content (AvgIpc) is 3.07. The van der Waals surface area contributed by atoms with Crippen LogP contribution in [0.3, 0.4) is 0 Å². The molecule has 4 nitrogen and oxygen atoms in total. The number of carbonyl (C=O) groups excluding carboxylic acids is 1. The lowest BCUT2D eigenvalue weighted by Crippen LogP contribution is -2.18. The summed E-state index contributed by atoms with van der Waals surface area (Å²) in [5.41, 5.74) is 6.08. The summed E-state index contributed by atoms with van der Waals surface area (Å²) < 4.78 is 3.38. The molecule has 3 aromatic carbocycles. The van der Waals surface area contributed by atoms with E-state index in [0.29, 0.717) is 10.6 Å². The van der Waals surface area contributed by atoms with Crippen molar-refractivity contribution in [3.05, 3.63) is 103 Å². The topological polar surface area (TPSA) is 46.4 Å². The highest BCUT2D eigenvalue weighted by Gasteiger charge is 2.10. The molecule has 1 amide bonds. The molecule has 0 radical (unpaired) electrons. The Kier molecular flexibility index (Phi) is 6.41. The number of fused-ring (bicyclic) bond motifs is 1. The fraction of sp³-hybridized carbons (Fsp3) is 0.0435. The van der Waals surface area contributed by atoms with E-state index in [4.69, 9.17) is 23.2 Å². The minimum absolute atomic E-state index is 0.282. The number of hydrazone groups is 1. The second-order valence-corrected chi connectivity index (χ2v) is 8.77. The highest BCUT2D eigenvalue weighted by Crippen LogP contribution is 2.22. The number of aromatic nitrogens is 1. The number of para-hydroxylation sites is 1. The predicted octanol–water partition coefficient (Wildman–Crippen LogP) is 6.36. The Bertz CT molecular complexity index is 1250. The highest BCUT2D eigenvalue weighted by atomic mass is 127. The smallest absolute Gasteiger partial charge is 0.272 e. The molecule has 0 aliphatic carbocycles. The van der Waals surface area contributed by atoms with Crippen molar-refractivity contribution in [2.45, 2.75) is 6.54 Å². The SMILES string of the molecule is O=C(N/N=C\c1cn(Cc2ccc(I)cc2)c2ccccc12)c1ccc(Cl)cc1Cl. The Hall–Kier alpha value is -2.35. The van der Waals surface area contributed by atoms with E-state index in [-0.39, 0.29) is 5.02 Å². The van der Waals surface area contributed by atoms with Gasteiger partial charge in [0.15, 0.2) is 0 Å². The van der Waals surface area contributed by atoms with E-state index in [1.807, 2.05) is 24.4 Å². The summed E-state index contributed by atoms with van der Waals surface area (Å²) in [5, 5.41) is 5.95. The molecule has 0 spiro atoms. The third-order valence-corrected chi connectivity index (χ3v) is 5.90. The van der Waals surface area contributed by atoms with Crippen molar-refractivity contribution in [2.75, 3.05) is 0 Å². The van der Waals surface area contributed by atoms with Gasteiger partial charge in [0.05, 0.1) is 16.8 Å². The number of hydrogen-bond donors (Lipinski definition) is 1. The second kappa shape index (κ2) is 9.20. The van der Waals surface area contributed by atoms with E-state index in [0.717, 1.165) is 23.0 Å². The molecular weight excluding hydrogens is 532 g/mol. The normalized spacial score (nSPS) is 11.3. The molecule has 30 heavy (non-hydrogen) atoms. The van der Waals surface area contributed by atoms with Gasteiger partial charge in [-0.25, -0.2) is 5.43 Å². The van der Waals surface area contributed by atoms with Crippen molar-refractivity contribution in [3.63, 3.8) is 0 Å². The van der Waals surface area contributed by atoms with Crippen molar-refractivity contribution in [3.8, 4) is 0 Å². The first kappa shape index (κ1) is 20.9. The Labute approximate surface area is 197 Å². The number of nitrogens with zero attached hydrogens (tertiary/aromatic N) is 2. The molecule has 1 N–H and O–H groups in total. The van der Waals surface area contributed by atoms with Crippen LogP contribution in [0, 0.1) is 3.57 Å². The number of rotatable bonds is 5. The molecule has 0 unspecified atom stereocenters. The van der Waals surface area contributed by atoms with Crippen molar-refractivity contribution in [1.82, 2.24) is 9.99 Å². The summed E-state index contributed by atoms with van der Waals surface area (Å²) in [6.45, 7) is 0.748. The van der Waals surface area contributed by atoms with Crippen molar-refractivity contribution >= 4 is 68.8 Å². The Morgan fingerprint density at radius 2 is 1.83 bits per heavy atom. The van der Waals surface area contributed by atoms with E-state index in [2.05, 4.69) is 68.0 Å². The number of halogens is 3. The molecule has 0 fully saturated rings. The fourth-order valence-corrected chi connectivity index (χ4v) is 4.04. The lowest BCUT2D eigenvalue weighted by molar-refractivity contribution is 0.0955. The monoisotopic (exact) mass is 547 g/mol. The van der Waals surface area contributed by atoms with Gasteiger partial charge in [0.1, 0.15) is 0 Å². The van der Waals surface area contributed by atoms with Crippen LogP contribution in [0.5, 0.6) is 0 Å². The van der Waals surface area contributed by atoms with Crippen molar-refractivity contribution in [2.24, 2.45) is 5.10 Å². The zero-order valence-corrected chi connectivity index (χ0v) is 19.3. The largest absolute Gasteiger partial charge is 0.342 e. The predicted molar refractivity (Wildman–Crippen MR) is 132 cm³/mol. The van der Waals surface area contributed by atoms with Crippen LogP contribution in [0.25, 0.3) is 10.9 Å². The molecular formula is C23H16Cl2IN3O. The Morgan fingerprint density at radius 1 is 1.07 bits per heavy atom. The summed E-state index contributed by atoms with van der Waals surface area (Å²) in [6, 6.07) is 21.3. The third kappa shape index (κ3) is 4.69. The summed E-state index contributed by atoms with van der Waals surface area (Å²) in [5.74, 6) is -0.393. The van der Waals surface area contributed by atoms with Crippen LogP contribution in [0.2, 0.25) is 10.0 Å². The molecule has 150 valence electrons. The van der Waals surface area contributed by atoms with Crippen LogP contribution in [-0.4, -0.2) is 16.7 Å². The zero-order chi connectivity index (χ0) is 21.1. The fourth-order valence-electron chi connectivity index (χ4n) is 3.19. The first-order valence-corrected chi connectivity index (χ1v) is 11.0. The van der Waals surface area contributed by atoms with E-state index in [1.54, 1.807) is 18.3 Å². The molecule has 4 rings (SSSR count). The van der Waals surface area contributed by atoms with Crippen LogP contribution in [0.1, 0.15) is 21.5 Å². The molecule has 0 atom stereocenters. The van der Waals surface area contributed by atoms with Gasteiger partial charge < -0.3 is 4.57 Å². The summed E-state index contributed by atoms with van der Waals surface area (Å²) in [7, 11) is 0. The molecule has 7 heteroatoms. The van der Waals surface area contributed by atoms with Crippen LogP contribution < -0.4 is 5.43 Å². The van der Waals surface area contributed by atoms with Gasteiger partial charge in [-0.05, 0) is 64.6 Å². The maximum absolute atomic E-state index is 12.3. The number of nitrogens with one attached hydrogen (secondary N) is 1. The molecule has 0 saturated carbocycles. The number of hydrogen-bond acceptors (Lipinski definition) is 2. The van der Waals surface area contributed by atoms with Gasteiger partial charge in [0.2, 0.25) is 0 Å². The van der Waals surface area contributed by atoms with Crippen LogP contribution in [0.4, 0.5) is 0 Å². The van der Waals surface area contributed by atoms with Gasteiger partial charge in [-0.2, -0.15) is 5.10 Å². The second-order valence-electron chi connectivity index (χ2n) is 6.68. The van der Waals surface area contributed by atoms with Crippen LogP contribution in [0.15, 0.2) is 78.0 Å². The minimum atomic E-state index is -0.393. The van der Waals surface area contributed by atoms with E-state index >= 15 is 0 Å². The molecule has 4 aromatic rings. The third-order valence-electron chi connectivity index (χ3n) is 4.63. The van der Waals surface area contributed by atoms with Crippen LogP contribution in [-0.2, 0) is 6.54 Å². The summed E-state index contributed by atoms with van der Waals surface area (Å²) in [6.07, 6.45) is 3.68. The lowest BCUT2D eigenvalue weighted by Gasteiger charge is -2.05. The lowest BCUT2D eigenvalue weighted by atomic mass is 10.2. The van der Waals surface area contributed by atoms with Gasteiger partial charge in [0, 0.05) is 37.8 Å². The van der Waals surface area contributed by atoms with Gasteiger partial charge in [-0.15, -0.1) is 0 Å². The van der Waals surface area contributed by atoms with E-state index in [9.17, 15) is 4.79 Å². The standard InChI is InChI=1S/C23H16Cl2IN3O/c24-17-7-10-20(21(25)11-17)23(30)28-27-12-16-14-29(22-4-2-1-3-19(16)22)13-15-5-8-18(26)9-6-15/h1-12,14H,13H2,(H,28,30)/b27-12-. The number of amides is 1. The first-order chi connectivity index (χ1) is 14.5. The minimum Gasteiger partial charge on any atom is -0.342 e. The van der Waals surface area contributed by atoms with Gasteiger partial charge in [-0.1, -0.05) is 53.5 Å². The summed E-state index contributed by atoms with van der Waals surface area (Å²) in [4.78, 5) is 12.3. The first-order valence-electron chi connectivity index (χ1n) is 9.12. The van der Waals surface area contributed by atoms with E-state index in [1.165, 1.54) is 15.2 Å². The highest BCUT2D eigenvalue weighted by molar-refractivity contribution is 14.1. The maximum atomic E-state index is 12.3. The van der Waals surface area contributed by atoms with Crippen molar-refractivity contribution < 1.29 is 4.79 Å². The number of carbonyl (C=O) groups is 1. The van der Waals surface area contributed by atoms with Gasteiger partial charge in [-0.3, -0.25) is 4.79 Å². The average molecular weight is 548 g/mol. The van der Waals surface area contributed by atoms with Crippen LogP contribution >= 0.6 is 45.8 Å². The molecule has 1 aromatic heterocycles. The maximum Gasteiger partial charge on any atom is 0.272 e. The van der Waals surface area contributed by atoms with Gasteiger partial charge in [0.25, 0.3) is 5.91 Å². The molecule has 0 aliphatic heterocycles. The number of benzene rings is 3.